The first-order valence-electron chi connectivity index (χ1n) is 10.1. The predicted molar refractivity (Wildman–Crippen MR) is 106 cm³/mol. The molecular formula is C21H34N4O. The zero-order chi connectivity index (χ0) is 18.7. The molecule has 3 rings (SSSR count). The largest absolute Gasteiger partial charge is 0.302 e. The van der Waals surface area contributed by atoms with Gasteiger partial charge < -0.3 is 9.80 Å². The van der Waals surface area contributed by atoms with Gasteiger partial charge in [0.1, 0.15) is 5.82 Å². The van der Waals surface area contributed by atoms with E-state index in [0.29, 0.717) is 6.42 Å². The Morgan fingerprint density at radius 2 is 1.85 bits per heavy atom. The molecule has 3 heterocycles. The Balaban J connectivity index is 1.54. The average Bonchev–Trinajstić information content (AvgIpc) is 3.12. The summed E-state index contributed by atoms with van der Waals surface area (Å²) < 4.78 is 0. The average molecular weight is 359 g/mol. The van der Waals surface area contributed by atoms with Crippen molar-refractivity contribution < 1.29 is 4.79 Å². The number of aryl methyl sites for hydroxylation is 1. The molecule has 0 bridgehead atoms. The Bertz CT molecular complexity index is 604. The number of nitrogens with zero attached hydrogens (tertiary/aromatic N) is 4. The molecule has 0 aromatic carbocycles. The standard InChI is InChI=1S/C21H34N4O/c1-5-21(26)25(20-8-6-7-17(4)22-20)10-9-23-12-18-14-24(11-16(2)3)15-19(18)13-23/h6-8,16,18-19H,5,9-15H2,1-4H3. The first kappa shape index (κ1) is 19.3. The van der Waals surface area contributed by atoms with Crippen LogP contribution in [-0.2, 0) is 4.79 Å². The fourth-order valence-electron chi connectivity index (χ4n) is 4.51. The Labute approximate surface area is 158 Å². The van der Waals surface area contributed by atoms with Gasteiger partial charge in [-0.25, -0.2) is 4.98 Å². The monoisotopic (exact) mass is 358 g/mol. The number of rotatable bonds is 7. The molecule has 5 nitrogen and oxygen atoms in total. The van der Waals surface area contributed by atoms with Gasteiger partial charge in [-0.15, -0.1) is 0 Å². The van der Waals surface area contributed by atoms with Gasteiger partial charge in [-0.2, -0.15) is 0 Å². The maximum absolute atomic E-state index is 12.4. The van der Waals surface area contributed by atoms with Crippen LogP contribution in [0.15, 0.2) is 18.2 Å². The van der Waals surface area contributed by atoms with Gasteiger partial charge in [0.25, 0.3) is 0 Å². The summed E-state index contributed by atoms with van der Waals surface area (Å²) in [5.74, 6) is 3.31. The highest BCUT2D eigenvalue weighted by Crippen LogP contribution is 2.31. The summed E-state index contributed by atoms with van der Waals surface area (Å²) in [6.07, 6.45) is 0.519. The van der Waals surface area contributed by atoms with Crippen molar-refractivity contribution in [3.63, 3.8) is 0 Å². The summed E-state index contributed by atoms with van der Waals surface area (Å²) in [5, 5.41) is 0. The molecule has 1 amide bonds. The lowest BCUT2D eigenvalue weighted by molar-refractivity contribution is -0.118. The number of aromatic nitrogens is 1. The molecule has 2 saturated heterocycles. The SMILES string of the molecule is CCC(=O)N(CCN1CC2CN(CC(C)C)CC2C1)c1cccc(C)n1. The molecule has 2 atom stereocenters. The number of likely N-dealkylation sites (tertiary alicyclic amines) is 2. The molecule has 26 heavy (non-hydrogen) atoms. The zero-order valence-corrected chi connectivity index (χ0v) is 16.8. The molecule has 1 aromatic heterocycles. The van der Waals surface area contributed by atoms with E-state index in [4.69, 9.17) is 0 Å². The minimum Gasteiger partial charge on any atom is -0.302 e. The van der Waals surface area contributed by atoms with Gasteiger partial charge in [-0.3, -0.25) is 9.69 Å². The van der Waals surface area contributed by atoms with E-state index in [2.05, 4.69) is 28.6 Å². The van der Waals surface area contributed by atoms with Crippen molar-refractivity contribution >= 4 is 11.7 Å². The molecule has 0 radical (unpaired) electrons. The molecule has 0 spiro atoms. The maximum atomic E-state index is 12.4. The normalized spacial score (nSPS) is 23.6. The van der Waals surface area contributed by atoms with Crippen molar-refractivity contribution in [2.75, 3.05) is 50.7 Å². The number of fused-ring (bicyclic) bond motifs is 1. The van der Waals surface area contributed by atoms with Crippen LogP contribution in [0.25, 0.3) is 0 Å². The quantitative estimate of drug-likeness (QED) is 0.751. The second-order valence-electron chi connectivity index (χ2n) is 8.43. The van der Waals surface area contributed by atoms with Gasteiger partial charge in [0.05, 0.1) is 0 Å². The van der Waals surface area contributed by atoms with Gasteiger partial charge in [-0.05, 0) is 36.8 Å². The van der Waals surface area contributed by atoms with Crippen LogP contribution in [0.1, 0.15) is 32.9 Å². The lowest BCUT2D eigenvalue weighted by atomic mass is 10.0. The molecule has 1 aromatic rings. The first-order valence-corrected chi connectivity index (χ1v) is 10.1. The second kappa shape index (κ2) is 8.49. The third kappa shape index (κ3) is 4.63. The highest BCUT2D eigenvalue weighted by molar-refractivity contribution is 5.92. The van der Waals surface area contributed by atoms with Gasteiger partial charge in [0, 0.05) is 57.9 Å². The summed E-state index contributed by atoms with van der Waals surface area (Å²) >= 11 is 0. The predicted octanol–water partition coefficient (Wildman–Crippen LogP) is 2.65. The second-order valence-corrected chi connectivity index (χ2v) is 8.43. The van der Waals surface area contributed by atoms with E-state index in [-0.39, 0.29) is 5.91 Å². The number of amides is 1. The van der Waals surface area contributed by atoms with E-state index >= 15 is 0 Å². The molecule has 2 aliphatic heterocycles. The smallest absolute Gasteiger partial charge is 0.227 e. The van der Waals surface area contributed by atoms with Crippen LogP contribution >= 0.6 is 0 Å². The first-order chi connectivity index (χ1) is 12.5. The van der Waals surface area contributed by atoms with Crippen LogP contribution in [0.2, 0.25) is 0 Å². The van der Waals surface area contributed by atoms with Crippen molar-refractivity contribution in [2.24, 2.45) is 17.8 Å². The van der Waals surface area contributed by atoms with Crippen LogP contribution in [0.3, 0.4) is 0 Å². The fourth-order valence-corrected chi connectivity index (χ4v) is 4.51. The highest BCUT2D eigenvalue weighted by atomic mass is 16.2. The van der Waals surface area contributed by atoms with E-state index in [1.165, 1.54) is 32.7 Å². The third-order valence-corrected chi connectivity index (χ3v) is 5.65. The minimum absolute atomic E-state index is 0.158. The van der Waals surface area contributed by atoms with Gasteiger partial charge in [0.2, 0.25) is 5.91 Å². The van der Waals surface area contributed by atoms with Crippen LogP contribution in [0, 0.1) is 24.7 Å². The lowest BCUT2D eigenvalue weighted by Gasteiger charge is -2.26. The number of hydrogen-bond donors (Lipinski definition) is 0. The topological polar surface area (TPSA) is 39.7 Å². The molecule has 144 valence electrons. The van der Waals surface area contributed by atoms with Crippen LogP contribution in [0.5, 0.6) is 0 Å². The minimum atomic E-state index is 0.158. The van der Waals surface area contributed by atoms with E-state index in [9.17, 15) is 4.79 Å². The van der Waals surface area contributed by atoms with Crippen molar-refractivity contribution in [3.8, 4) is 0 Å². The molecule has 0 N–H and O–H groups in total. The van der Waals surface area contributed by atoms with E-state index < -0.39 is 0 Å². The lowest BCUT2D eigenvalue weighted by Crippen LogP contribution is -2.39. The number of anilines is 1. The molecule has 2 fully saturated rings. The summed E-state index contributed by atoms with van der Waals surface area (Å²) in [7, 11) is 0. The molecule has 2 aliphatic rings. The summed E-state index contributed by atoms with van der Waals surface area (Å²) in [6.45, 7) is 16.3. The third-order valence-electron chi connectivity index (χ3n) is 5.65. The Morgan fingerprint density at radius 1 is 1.19 bits per heavy atom. The molecule has 0 saturated carbocycles. The van der Waals surface area contributed by atoms with Crippen molar-refractivity contribution in [1.29, 1.82) is 0 Å². The maximum Gasteiger partial charge on any atom is 0.227 e. The highest BCUT2D eigenvalue weighted by Gasteiger charge is 2.39. The van der Waals surface area contributed by atoms with Crippen LogP contribution in [0.4, 0.5) is 5.82 Å². The van der Waals surface area contributed by atoms with Crippen molar-refractivity contribution in [2.45, 2.75) is 34.1 Å². The summed E-state index contributed by atoms with van der Waals surface area (Å²) in [4.78, 5) is 24.0. The molecular weight excluding hydrogens is 324 g/mol. The number of pyridine rings is 1. The van der Waals surface area contributed by atoms with Gasteiger partial charge in [-0.1, -0.05) is 26.8 Å². The van der Waals surface area contributed by atoms with Gasteiger partial charge >= 0.3 is 0 Å². The Hall–Kier alpha value is -1.46. The number of hydrogen-bond acceptors (Lipinski definition) is 4. The zero-order valence-electron chi connectivity index (χ0n) is 16.8. The van der Waals surface area contributed by atoms with Crippen LogP contribution < -0.4 is 4.90 Å². The Morgan fingerprint density at radius 3 is 2.42 bits per heavy atom. The van der Waals surface area contributed by atoms with Crippen molar-refractivity contribution in [3.05, 3.63) is 23.9 Å². The Kier molecular flexibility index (Phi) is 6.30. The number of carbonyl (C=O) groups excluding carboxylic acids is 1. The van der Waals surface area contributed by atoms with Gasteiger partial charge in [0.15, 0.2) is 0 Å². The van der Waals surface area contributed by atoms with E-state index in [1.54, 1.807) is 0 Å². The fraction of sp³-hybridized carbons (Fsp3) is 0.714. The van der Waals surface area contributed by atoms with Crippen LogP contribution in [-0.4, -0.2) is 66.5 Å². The molecule has 0 aliphatic carbocycles. The number of carbonyl (C=O) groups is 1. The molecule has 2 unspecified atom stereocenters. The summed E-state index contributed by atoms with van der Waals surface area (Å²) in [5.41, 5.74) is 0.956. The van der Waals surface area contributed by atoms with Crippen molar-refractivity contribution in [1.82, 2.24) is 14.8 Å². The summed E-state index contributed by atoms with van der Waals surface area (Å²) in [6, 6.07) is 5.91. The van der Waals surface area contributed by atoms with E-state index in [1.807, 2.05) is 36.9 Å². The van der Waals surface area contributed by atoms with E-state index in [0.717, 1.165) is 42.4 Å². The molecule has 5 heteroatoms.